The summed E-state index contributed by atoms with van der Waals surface area (Å²) in [5, 5.41) is 0.905. The predicted octanol–water partition coefficient (Wildman–Crippen LogP) is 4.59. The third-order valence-electron chi connectivity index (χ3n) is 4.53. The van der Waals surface area contributed by atoms with Crippen molar-refractivity contribution in [3.63, 3.8) is 0 Å². The van der Waals surface area contributed by atoms with Crippen molar-refractivity contribution in [2.45, 2.75) is 6.61 Å². The number of rotatable bonds is 5. The van der Waals surface area contributed by atoms with Crippen LogP contribution in [0.4, 0.5) is 0 Å². The Kier molecular flexibility index (Phi) is 5.84. The third-order valence-corrected chi connectivity index (χ3v) is 5.00. The molecular weight excluding hydrogens is 439 g/mol. The monoisotopic (exact) mass is 452 g/mol. The number of halogens is 2. The summed E-state index contributed by atoms with van der Waals surface area (Å²) in [7, 11) is 0. The van der Waals surface area contributed by atoms with Gasteiger partial charge in [-0.05, 0) is 42.5 Å². The molecular formula is C23H14Cl2N2O4. The first-order valence-corrected chi connectivity index (χ1v) is 9.92. The van der Waals surface area contributed by atoms with E-state index < -0.39 is 5.97 Å². The van der Waals surface area contributed by atoms with Crippen LogP contribution in [0.5, 0.6) is 0 Å². The molecule has 0 radical (unpaired) electrons. The van der Waals surface area contributed by atoms with Gasteiger partial charge in [0.2, 0.25) is 0 Å². The molecule has 0 N–H and O–H groups in total. The minimum Gasteiger partial charge on any atom is -0.456 e. The standard InChI is InChI=1S/C23H14Cl2N2O4/c24-15-7-5-14(6-8-15)22(29)18-3-1-2-4-19(18)23(30)31-13-17-11-21(28)27-12-16(25)9-10-20(27)26-17/h1-12H,13H2. The number of carbonyl (C=O) groups is 2. The van der Waals surface area contributed by atoms with E-state index in [1.165, 1.54) is 22.7 Å². The molecule has 2 aromatic heterocycles. The second-order valence-corrected chi connectivity index (χ2v) is 7.49. The van der Waals surface area contributed by atoms with Crippen LogP contribution in [-0.2, 0) is 11.3 Å². The highest BCUT2D eigenvalue weighted by molar-refractivity contribution is 6.31. The molecule has 0 saturated heterocycles. The molecule has 2 aromatic carbocycles. The van der Waals surface area contributed by atoms with Crippen LogP contribution in [0.15, 0.2) is 77.7 Å². The molecule has 0 spiro atoms. The lowest BCUT2D eigenvalue weighted by atomic mass is 9.98. The van der Waals surface area contributed by atoms with Crippen molar-refractivity contribution in [1.82, 2.24) is 9.38 Å². The molecule has 0 atom stereocenters. The van der Waals surface area contributed by atoms with Crippen LogP contribution in [0.25, 0.3) is 5.65 Å². The Bertz CT molecular complexity index is 1360. The molecule has 4 rings (SSSR count). The molecule has 6 nitrogen and oxygen atoms in total. The van der Waals surface area contributed by atoms with E-state index in [0.29, 0.717) is 21.3 Å². The fourth-order valence-corrected chi connectivity index (χ4v) is 3.32. The molecule has 0 bridgehead atoms. The van der Waals surface area contributed by atoms with Crippen molar-refractivity contribution < 1.29 is 14.3 Å². The zero-order valence-corrected chi connectivity index (χ0v) is 17.4. The highest BCUT2D eigenvalue weighted by atomic mass is 35.5. The molecule has 0 saturated carbocycles. The molecule has 2 heterocycles. The molecule has 31 heavy (non-hydrogen) atoms. The molecule has 0 aliphatic rings. The van der Waals surface area contributed by atoms with Crippen molar-refractivity contribution in [3.8, 4) is 0 Å². The van der Waals surface area contributed by atoms with E-state index >= 15 is 0 Å². The van der Waals surface area contributed by atoms with Gasteiger partial charge in [0.25, 0.3) is 5.56 Å². The number of ketones is 1. The minimum absolute atomic E-state index is 0.117. The molecule has 154 valence electrons. The van der Waals surface area contributed by atoms with Gasteiger partial charge in [-0.2, -0.15) is 0 Å². The van der Waals surface area contributed by atoms with Crippen LogP contribution in [0.3, 0.4) is 0 Å². The van der Waals surface area contributed by atoms with E-state index in [-0.39, 0.29) is 34.8 Å². The zero-order valence-electron chi connectivity index (χ0n) is 15.9. The van der Waals surface area contributed by atoms with Crippen molar-refractivity contribution >= 4 is 40.6 Å². The summed E-state index contributed by atoms with van der Waals surface area (Å²) in [5.74, 6) is -1.03. The number of benzene rings is 2. The Morgan fingerprint density at radius 2 is 1.58 bits per heavy atom. The number of ether oxygens (including phenoxy) is 1. The van der Waals surface area contributed by atoms with Crippen molar-refractivity contribution in [3.05, 3.63) is 116 Å². The van der Waals surface area contributed by atoms with Gasteiger partial charge in [0.05, 0.1) is 16.3 Å². The predicted molar refractivity (Wildman–Crippen MR) is 117 cm³/mol. The highest BCUT2D eigenvalue weighted by Crippen LogP contribution is 2.18. The maximum Gasteiger partial charge on any atom is 0.339 e. The average molecular weight is 453 g/mol. The molecule has 0 fully saturated rings. The molecule has 0 amide bonds. The Balaban J connectivity index is 1.57. The number of esters is 1. The smallest absolute Gasteiger partial charge is 0.339 e. The van der Waals surface area contributed by atoms with Crippen LogP contribution in [-0.4, -0.2) is 21.1 Å². The summed E-state index contributed by atoms with van der Waals surface area (Å²) in [6.45, 7) is -0.226. The summed E-state index contributed by atoms with van der Waals surface area (Å²) >= 11 is 11.8. The van der Waals surface area contributed by atoms with Crippen LogP contribution >= 0.6 is 23.2 Å². The van der Waals surface area contributed by atoms with E-state index in [9.17, 15) is 14.4 Å². The molecule has 4 aromatic rings. The van der Waals surface area contributed by atoms with Crippen LogP contribution in [0.1, 0.15) is 32.0 Å². The Morgan fingerprint density at radius 3 is 2.32 bits per heavy atom. The van der Waals surface area contributed by atoms with Gasteiger partial charge in [-0.15, -0.1) is 0 Å². The van der Waals surface area contributed by atoms with Crippen LogP contribution in [0, 0.1) is 0 Å². The number of aromatic nitrogens is 2. The fraction of sp³-hybridized carbons (Fsp3) is 0.0435. The van der Waals surface area contributed by atoms with Gasteiger partial charge in [-0.3, -0.25) is 14.0 Å². The Hall–Kier alpha value is -3.48. The minimum atomic E-state index is -0.698. The molecule has 0 aliphatic carbocycles. The fourth-order valence-electron chi connectivity index (χ4n) is 3.03. The van der Waals surface area contributed by atoms with Gasteiger partial charge < -0.3 is 4.74 Å². The van der Waals surface area contributed by atoms with Gasteiger partial charge in [0.1, 0.15) is 12.3 Å². The lowest BCUT2D eigenvalue weighted by molar-refractivity contribution is 0.0465. The summed E-state index contributed by atoms with van der Waals surface area (Å²) < 4.78 is 6.64. The Morgan fingerprint density at radius 1 is 0.903 bits per heavy atom. The second kappa shape index (κ2) is 8.71. The number of hydrogen-bond acceptors (Lipinski definition) is 5. The Labute approximate surface area is 186 Å². The average Bonchev–Trinajstić information content (AvgIpc) is 2.78. The highest BCUT2D eigenvalue weighted by Gasteiger charge is 2.19. The molecule has 0 unspecified atom stereocenters. The van der Waals surface area contributed by atoms with E-state index in [1.54, 1.807) is 54.6 Å². The zero-order chi connectivity index (χ0) is 22.0. The largest absolute Gasteiger partial charge is 0.456 e. The SMILES string of the molecule is O=C(OCc1cc(=O)n2cc(Cl)ccc2n1)c1ccccc1C(=O)c1ccc(Cl)cc1. The van der Waals surface area contributed by atoms with Crippen molar-refractivity contribution in [1.29, 1.82) is 0 Å². The van der Waals surface area contributed by atoms with E-state index in [4.69, 9.17) is 27.9 Å². The summed E-state index contributed by atoms with van der Waals surface area (Å²) in [5.41, 5.74) is 1.02. The van der Waals surface area contributed by atoms with Gasteiger partial charge in [0, 0.05) is 28.4 Å². The summed E-state index contributed by atoms with van der Waals surface area (Å²) in [6.07, 6.45) is 1.46. The summed E-state index contributed by atoms with van der Waals surface area (Å²) in [6, 6.07) is 17.2. The number of nitrogens with zero attached hydrogens (tertiary/aromatic N) is 2. The first kappa shape index (κ1) is 20.8. The molecule has 8 heteroatoms. The lowest BCUT2D eigenvalue weighted by Crippen LogP contribution is -2.17. The number of fused-ring (bicyclic) bond motifs is 1. The van der Waals surface area contributed by atoms with Crippen LogP contribution in [0.2, 0.25) is 10.0 Å². The summed E-state index contributed by atoms with van der Waals surface area (Å²) in [4.78, 5) is 42.1. The number of pyridine rings is 1. The maximum absolute atomic E-state index is 12.9. The third kappa shape index (κ3) is 4.50. The normalized spacial score (nSPS) is 10.8. The van der Waals surface area contributed by atoms with Crippen molar-refractivity contribution in [2.75, 3.05) is 0 Å². The first-order valence-electron chi connectivity index (χ1n) is 9.16. The van der Waals surface area contributed by atoms with E-state index in [1.807, 2.05) is 0 Å². The van der Waals surface area contributed by atoms with Gasteiger partial charge in [-0.25, -0.2) is 9.78 Å². The van der Waals surface area contributed by atoms with Gasteiger partial charge in [-0.1, -0.05) is 41.4 Å². The second-order valence-electron chi connectivity index (χ2n) is 6.62. The maximum atomic E-state index is 12.9. The molecule has 0 aliphatic heterocycles. The van der Waals surface area contributed by atoms with Gasteiger partial charge in [0.15, 0.2) is 5.78 Å². The van der Waals surface area contributed by atoms with Crippen molar-refractivity contribution in [2.24, 2.45) is 0 Å². The quantitative estimate of drug-likeness (QED) is 0.326. The van der Waals surface area contributed by atoms with Gasteiger partial charge >= 0.3 is 5.97 Å². The first-order chi connectivity index (χ1) is 14.9. The number of hydrogen-bond donors (Lipinski definition) is 0. The topological polar surface area (TPSA) is 77.7 Å². The number of carbonyl (C=O) groups excluding carboxylic acids is 2. The van der Waals surface area contributed by atoms with E-state index in [2.05, 4.69) is 4.98 Å². The van der Waals surface area contributed by atoms with Crippen LogP contribution < -0.4 is 5.56 Å². The van der Waals surface area contributed by atoms with E-state index in [0.717, 1.165) is 0 Å². The lowest BCUT2D eigenvalue weighted by Gasteiger charge is -2.10.